The quantitative estimate of drug-likeness (QED) is 0.783. The molecule has 0 aliphatic carbocycles. The van der Waals surface area contributed by atoms with Gasteiger partial charge in [-0.05, 0) is 31.2 Å². The molecule has 0 unspecified atom stereocenters. The summed E-state index contributed by atoms with van der Waals surface area (Å²) in [5, 5.41) is 2.54. The van der Waals surface area contributed by atoms with Gasteiger partial charge in [0.05, 0.1) is 11.4 Å². The molecule has 92 valence electrons. The molecule has 6 heteroatoms. The summed E-state index contributed by atoms with van der Waals surface area (Å²) < 4.78 is 25.1. The summed E-state index contributed by atoms with van der Waals surface area (Å²) in [5.74, 6) is -0.350. The van der Waals surface area contributed by atoms with Crippen molar-refractivity contribution in [3.63, 3.8) is 0 Å². The van der Waals surface area contributed by atoms with Gasteiger partial charge in [0.2, 0.25) is 15.9 Å². The number of carbonyl (C=O) groups is 1. The van der Waals surface area contributed by atoms with E-state index in [0.717, 1.165) is 6.08 Å². The fraction of sp³-hybridized carbons (Fsp3) is 0.182. The van der Waals surface area contributed by atoms with E-state index in [9.17, 15) is 13.2 Å². The molecule has 0 atom stereocenters. The molecule has 0 aromatic heterocycles. The highest BCUT2D eigenvalue weighted by molar-refractivity contribution is 7.92. The number of sulfonamides is 1. The number of hydrogen-bond acceptors (Lipinski definition) is 3. The van der Waals surface area contributed by atoms with Gasteiger partial charge in [0.1, 0.15) is 0 Å². The van der Waals surface area contributed by atoms with Crippen LogP contribution in [0.5, 0.6) is 0 Å². The van der Waals surface area contributed by atoms with E-state index in [1.54, 1.807) is 25.1 Å². The van der Waals surface area contributed by atoms with Gasteiger partial charge in [-0.1, -0.05) is 12.6 Å². The number of anilines is 2. The molecule has 1 aromatic carbocycles. The fourth-order valence-corrected chi connectivity index (χ4v) is 1.74. The number of benzene rings is 1. The third-order valence-corrected chi connectivity index (χ3v) is 3.28. The van der Waals surface area contributed by atoms with Crippen LogP contribution < -0.4 is 10.0 Å². The normalized spacial score (nSPS) is 10.6. The lowest BCUT2D eigenvalue weighted by Gasteiger charge is -2.08. The lowest BCUT2D eigenvalue weighted by molar-refractivity contribution is -0.111. The minimum absolute atomic E-state index is 0.00373. The van der Waals surface area contributed by atoms with Crippen molar-refractivity contribution in [1.82, 2.24) is 0 Å². The van der Waals surface area contributed by atoms with Crippen molar-refractivity contribution in [1.29, 1.82) is 0 Å². The van der Waals surface area contributed by atoms with Crippen molar-refractivity contribution in [2.45, 2.75) is 6.92 Å². The molecule has 0 heterocycles. The topological polar surface area (TPSA) is 75.3 Å². The lowest BCUT2D eigenvalue weighted by Crippen LogP contribution is -2.15. The van der Waals surface area contributed by atoms with Crippen LogP contribution in [0.1, 0.15) is 6.92 Å². The second-order valence-corrected chi connectivity index (χ2v) is 5.29. The maximum atomic E-state index is 11.3. The Morgan fingerprint density at radius 1 is 1.41 bits per heavy atom. The Morgan fingerprint density at radius 2 is 2.06 bits per heavy atom. The first-order valence-electron chi connectivity index (χ1n) is 5.01. The number of rotatable bonds is 5. The van der Waals surface area contributed by atoms with Gasteiger partial charge in [-0.2, -0.15) is 0 Å². The van der Waals surface area contributed by atoms with E-state index < -0.39 is 10.0 Å². The minimum Gasteiger partial charge on any atom is -0.322 e. The summed E-state index contributed by atoms with van der Waals surface area (Å²) in [6.07, 6.45) is 1.14. The molecule has 0 radical (unpaired) electrons. The van der Waals surface area contributed by atoms with E-state index in [4.69, 9.17) is 0 Å². The van der Waals surface area contributed by atoms with E-state index >= 15 is 0 Å². The molecule has 0 aliphatic heterocycles. The van der Waals surface area contributed by atoms with Crippen LogP contribution in [0.15, 0.2) is 36.9 Å². The van der Waals surface area contributed by atoms with Crippen LogP contribution in [0.3, 0.4) is 0 Å². The molecular weight excluding hydrogens is 240 g/mol. The second-order valence-electron chi connectivity index (χ2n) is 3.28. The minimum atomic E-state index is -3.31. The van der Waals surface area contributed by atoms with Gasteiger partial charge in [-0.15, -0.1) is 0 Å². The molecule has 5 nitrogen and oxygen atoms in total. The van der Waals surface area contributed by atoms with Crippen LogP contribution >= 0.6 is 0 Å². The molecule has 0 bridgehead atoms. The molecule has 0 spiro atoms. The SMILES string of the molecule is C=CC(=O)Nc1cccc(NS(=O)(=O)CC)c1. The Morgan fingerprint density at radius 3 is 2.65 bits per heavy atom. The van der Waals surface area contributed by atoms with Crippen LogP contribution in [0, 0.1) is 0 Å². The van der Waals surface area contributed by atoms with Crippen molar-refractivity contribution in [2.75, 3.05) is 15.8 Å². The van der Waals surface area contributed by atoms with Gasteiger partial charge >= 0.3 is 0 Å². The van der Waals surface area contributed by atoms with Gasteiger partial charge in [0.15, 0.2) is 0 Å². The Labute approximate surface area is 101 Å². The van der Waals surface area contributed by atoms with Crippen molar-refractivity contribution in [3.05, 3.63) is 36.9 Å². The van der Waals surface area contributed by atoms with Crippen LogP contribution in [0.2, 0.25) is 0 Å². The predicted molar refractivity (Wildman–Crippen MR) is 68.4 cm³/mol. The highest BCUT2D eigenvalue weighted by Gasteiger charge is 2.07. The Balaban J connectivity index is 2.86. The Hall–Kier alpha value is -1.82. The maximum Gasteiger partial charge on any atom is 0.247 e. The van der Waals surface area contributed by atoms with E-state index in [2.05, 4.69) is 16.6 Å². The summed E-state index contributed by atoms with van der Waals surface area (Å²) >= 11 is 0. The molecule has 1 rings (SSSR count). The maximum absolute atomic E-state index is 11.3. The van der Waals surface area contributed by atoms with Gasteiger partial charge in [0.25, 0.3) is 0 Å². The number of amides is 1. The Kier molecular flexibility index (Phi) is 4.28. The first-order chi connectivity index (χ1) is 7.96. The lowest BCUT2D eigenvalue weighted by atomic mass is 10.3. The van der Waals surface area contributed by atoms with Crippen molar-refractivity contribution in [2.24, 2.45) is 0 Å². The van der Waals surface area contributed by atoms with Crippen LogP contribution in [0.25, 0.3) is 0 Å². The zero-order valence-electron chi connectivity index (χ0n) is 9.43. The molecule has 17 heavy (non-hydrogen) atoms. The van der Waals surface area contributed by atoms with Crippen LogP contribution in [0.4, 0.5) is 11.4 Å². The Bertz CT molecular complexity index is 523. The first-order valence-corrected chi connectivity index (χ1v) is 6.66. The molecule has 0 saturated carbocycles. The van der Waals surface area contributed by atoms with E-state index in [1.165, 1.54) is 6.07 Å². The monoisotopic (exact) mass is 254 g/mol. The zero-order valence-corrected chi connectivity index (χ0v) is 10.3. The molecular formula is C11H14N2O3S. The zero-order chi connectivity index (χ0) is 12.9. The molecule has 0 aliphatic rings. The van der Waals surface area contributed by atoms with Crippen LogP contribution in [-0.4, -0.2) is 20.1 Å². The third kappa shape index (κ3) is 4.28. The highest BCUT2D eigenvalue weighted by atomic mass is 32.2. The average molecular weight is 254 g/mol. The second kappa shape index (κ2) is 5.49. The molecule has 1 aromatic rings. The molecule has 1 amide bonds. The van der Waals surface area contributed by atoms with Crippen molar-refractivity contribution >= 4 is 27.3 Å². The highest BCUT2D eigenvalue weighted by Crippen LogP contribution is 2.16. The summed E-state index contributed by atoms with van der Waals surface area (Å²) in [6, 6.07) is 6.45. The number of nitrogens with one attached hydrogen (secondary N) is 2. The third-order valence-electron chi connectivity index (χ3n) is 1.97. The van der Waals surface area contributed by atoms with Crippen LogP contribution in [-0.2, 0) is 14.8 Å². The van der Waals surface area contributed by atoms with Gasteiger partial charge in [0, 0.05) is 5.69 Å². The van der Waals surface area contributed by atoms with Crippen molar-refractivity contribution in [3.8, 4) is 0 Å². The van der Waals surface area contributed by atoms with E-state index in [-0.39, 0.29) is 11.7 Å². The summed E-state index contributed by atoms with van der Waals surface area (Å²) in [4.78, 5) is 11.1. The van der Waals surface area contributed by atoms with E-state index in [1.807, 2.05) is 0 Å². The molecule has 0 fully saturated rings. The standard InChI is InChI=1S/C11H14N2O3S/c1-3-11(14)12-9-6-5-7-10(8-9)13-17(15,16)4-2/h3,5-8,13H,1,4H2,2H3,(H,12,14). The largest absolute Gasteiger partial charge is 0.322 e. The predicted octanol–water partition coefficient (Wildman–Crippen LogP) is 1.57. The average Bonchev–Trinajstić information content (AvgIpc) is 2.29. The van der Waals surface area contributed by atoms with E-state index in [0.29, 0.717) is 11.4 Å². The number of hydrogen-bond donors (Lipinski definition) is 2. The summed E-state index contributed by atoms with van der Waals surface area (Å²) in [6.45, 7) is 4.88. The smallest absolute Gasteiger partial charge is 0.247 e. The van der Waals surface area contributed by atoms with Crippen molar-refractivity contribution < 1.29 is 13.2 Å². The number of carbonyl (C=O) groups excluding carboxylic acids is 1. The van der Waals surface area contributed by atoms with Gasteiger partial charge in [-0.25, -0.2) is 8.42 Å². The van der Waals surface area contributed by atoms with Gasteiger partial charge < -0.3 is 5.32 Å². The molecule has 0 saturated heterocycles. The van der Waals surface area contributed by atoms with Gasteiger partial charge in [-0.3, -0.25) is 9.52 Å². The molecule has 2 N–H and O–H groups in total. The summed E-state index contributed by atoms with van der Waals surface area (Å²) in [5.41, 5.74) is 0.917. The first kappa shape index (κ1) is 13.2. The fourth-order valence-electron chi connectivity index (χ4n) is 1.11. The summed E-state index contributed by atoms with van der Waals surface area (Å²) in [7, 11) is -3.31.